The Bertz CT molecular complexity index is 303. The molecule has 1 aromatic rings. The minimum Gasteiger partial charge on any atom is -0.383 e. The Morgan fingerprint density at radius 2 is 2.27 bits per heavy atom. The van der Waals surface area contributed by atoms with Crippen LogP contribution in [0, 0.1) is 0 Å². The molecule has 84 valence electrons. The van der Waals surface area contributed by atoms with E-state index < -0.39 is 0 Å². The van der Waals surface area contributed by atoms with E-state index in [-0.39, 0.29) is 6.04 Å². The molecule has 0 aliphatic rings. The third-order valence-corrected chi connectivity index (χ3v) is 3.24. The van der Waals surface area contributed by atoms with E-state index in [2.05, 4.69) is 24.3 Å². The van der Waals surface area contributed by atoms with Crippen molar-refractivity contribution in [2.24, 2.45) is 5.84 Å². The number of nitrogen functional groups attached to an aromatic ring is 1. The first-order valence-electron chi connectivity index (χ1n) is 4.93. The van der Waals surface area contributed by atoms with Gasteiger partial charge in [-0.1, -0.05) is 19.9 Å². The molecule has 4 nitrogen and oxygen atoms in total. The van der Waals surface area contributed by atoms with E-state index in [0.29, 0.717) is 11.1 Å². The van der Waals surface area contributed by atoms with Gasteiger partial charge in [0.15, 0.2) is 0 Å². The molecule has 0 amide bonds. The maximum Gasteiger partial charge on any atom is 0.128 e. The van der Waals surface area contributed by atoms with Gasteiger partial charge in [-0.25, -0.2) is 4.98 Å². The van der Waals surface area contributed by atoms with Crippen LogP contribution in [0.2, 0.25) is 0 Å². The first-order chi connectivity index (χ1) is 7.15. The van der Waals surface area contributed by atoms with Crippen LogP contribution in [0.25, 0.3) is 0 Å². The van der Waals surface area contributed by atoms with Gasteiger partial charge < -0.3 is 5.73 Å². The molecular formula is C10H18N4S. The zero-order valence-electron chi connectivity index (χ0n) is 9.10. The van der Waals surface area contributed by atoms with Gasteiger partial charge in [-0.15, -0.1) is 0 Å². The van der Waals surface area contributed by atoms with Crippen LogP contribution in [0.1, 0.15) is 25.5 Å². The fourth-order valence-corrected chi connectivity index (χ4v) is 2.09. The van der Waals surface area contributed by atoms with E-state index in [0.717, 1.165) is 11.3 Å². The van der Waals surface area contributed by atoms with E-state index in [1.54, 1.807) is 6.20 Å². The Morgan fingerprint density at radius 1 is 1.53 bits per heavy atom. The van der Waals surface area contributed by atoms with Crippen molar-refractivity contribution >= 4 is 17.6 Å². The number of rotatable bonds is 5. The zero-order valence-corrected chi connectivity index (χ0v) is 9.92. The minimum atomic E-state index is 0.0612. The zero-order chi connectivity index (χ0) is 11.3. The molecule has 0 aliphatic heterocycles. The average Bonchev–Trinajstić information content (AvgIpc) is 2.21. The fraction of sp³-hybridized carbons (Fsp3) is 0.500. The smallest absolute Gasteiger partial charge is 0.128 e. The molecule has 0 bridgehead atoms. The third kappa shape index (κ3) is 3.70. The Labute approximate surface area is 94.8 Å². The van der Waals surface area contributed by atoms with Gasteiger partial charge in [-0.3, -0.25) is 11.3 Å². The predicted molar refractivity (Wildman–Crippen MR) is 66.3 cm³/mol. The summed E-state index contributed by atoms with van der Waals surface area (Å²) in [5, 5.41) is 0.582. The minimum absolute atomic E-state index is 0.0612. The molecule has 15 heavy (non-hydrogen) atoms. The second-order valence-electron chi connectivity index (χ2n) is 3.58. The number of hydrazine groups is 1. The highest BCUT2D eigenvalue weighted by atomic mass is 32.2. The molecule has 0 aromatic carbocycles. The van der Waals surface area contributed by atoms with E-state index >= 15 is 0 Å². The van der Waals surface area contributed by atoms with Crippen LogP contribution in [0.15, 0.2) is 18.3 Å². The number of aromatic nitrogens is 1. The molecule has 1 atom stereocenters. The summed E-state index contributed by atoms with van der Waals surface area (Å²) in [5.74, 6) is 6.95. The van der Waals surface area contributed by atoms with E-state index in [9.17, 15) is 0 Å². The SMILES string of the molecule is CC(C)SCC(NN)c1cccnc1N. The Kier molecular flexibility index (Phi) is 4.87. The number of hydrogen-bond acceptors (Lipinski definition) is 5. The van der Waals surface area contributed by atoms with Crippen molar-refractivity contribution in [2.45, 2.75) is 25.1 Å². The van der Waals surface area contributed by atoms with Gasteiger partial charge in [-0.05, 0) is 11.3 Å². The van der Waals surface area contributed by atoms with Gasteiger partial charge in [0.25, 0.3) is 0 Å². The van der Waals surface area contributed by atoms with Crippen LogP contribution in [-0.2, 0) is 0 Å². The van der Waals surface area contributed by atoms with Crippen LogP contribution in [-0.4, -0.2) is 16.0 Å². The van der Waals surface area contributed by atoms with Gasteiger partial charge in [0.05, 0.1) is 6.04 Å². The lowest BCUT2D eigenvalue weighted by Gasteiger charge is -2.18. The van der Waals surface area contributed by atoms with Crippen molar-refractivity contribution in [3.05, 3.63) is 23.9 Å². The molecule has 1 rings (SSSR count). The van der Waals surface area contributed by atoms with Crippen LogP contribution in [0.5, 0.6) is 0 Å². The highest BCUT2D eigenvalue weighted by Gasteiger charge is 2.13. The van der Waals surface area contributed by atoms with E-state index in [1.807, 2.05) is 23.9 Å². The lowest BCUT2D eigenvalue weighted by Crippen LogP contribution is -2.30. The molecule has 1 unspecified atom stereocenters. The summed E-state index contributed by atoms with van der Waals surface area (Å²) < 4.78 is 0. The summed E-state index contributed by atoms with van der Waals surface area (Å²) in [6, 6.07) is 3.88. The molecule has 0 spiro atoms. The summed E-state index contributed by atoms with van der Waals surface area (Å²) in [4.78, 5) is 4.05. The van der Waals surface area contributed by atoms with Gasteiger partial charge in [0.1, 0.15) is 5.82 Å². The van der Waals surface area contributed by atoms with E-state index in [1.165, 1.54) is 0 Å². The first kappa shape index (κ1) is 12.3. The standard InChI is InChI=1S/C10H18N4S/c1-7(2)15-6-9(14-12)8-4-3-5-13-10(8)11/h3-5,7,9,14H,6,12H2,1-2H3,(H2,11,13). The number of anilines is 1. The number of hydrogen-bond donors (Lipinski definition) is 3. The summed E-state index contributed by atoms with van der Waals surface area (Å²) in [5.41, 5.74) is 9.53. The second-order valence-corrected chi connectivity index (χ2v) is 5.19. The topological polar surface area (TPSA) is 77.0 Å². The van der Waals surface area contributed by atoms with Gasteiger partial charge in [-0.2, -0.15) is 11.8 Å². The van der Waals surface area contributed by atoms with Crippen molar-refractivity contribution in [1.29, 1.82) is 0 Å². The molecule has 1 heterocycles. The number of nitrogens with one attached hydrogen (secondary N) is 1. The van der Waals surface area contributed by atoms with Crippen molar-refractivity contribution in [3.63, 3.8) is 0 Å². The number of nitrogens with zero attached hydrogens (tertiary/aromatic N) is 1. The van der Waals surface area contributed by atoms with Crippen molar-refractivity contribution in [3.8, 4) is 0 Å². The fourth-order valence-electron chi connectivity index (χ4n) is 1.24. The van der Waals surface area contributed by atoms with Crippen LogP contribution < -0.4 is 17.0 Å². The van der Waals surface area contributed by atoms with Crippen LogP contribution in [0.4, 0.5) is 5.82 Å². The molecular weight excluding hydrogens is 208 g/mol. The van der Waals surface area contributed by atoms with Crippen LogP contribution >= 0.6 is 11.8 Å². The quantitative estimate of drug-likeness (QED) is 0.521. The number of pyridine rings is 1. The summed E-state index contributed by atoms with van der Waals surface area (Å²) in [6.07, 6.45) is 1.68. The van der Waals surface area contributed by atoms with Gasteiger partial charge in [0.2, 0.25) is 0 Å². The predicted octanol–water partition coefficient (Wildman–Crippen LogP) is 1.31. The Hall–Kier alpha value is -0.780. The van der Waals surface area contributed by atoms with Crippen molar-refractivity contribution in [2.75, 3.05) is 11.5 Å². The normalized spacial score (nSPS) is 13.1. The molecule has 5 N–H and O–H groups in total. The lowest BCUT2D eigenvalue weighted by molar-refractivity contribution is 0.610. The monoisotopic (exact) mass is 226 g/mol. The maximum absolute atomic E-state index is 5.79. The van der Waals surface area contributed by atoms with E-state index in [4.69, 9.17) is 11.6 Å². The molecule has 0 aliphatic carbocycles. The molecule has 5 heteroatoms. The summed E-state index contributed by atoms with van der Waals surface area (Å²) in [6.45, 7) is 4.32. The summed E-state index contributed by atoms with van der Waals surface area (Å²) >= 11 is 1.84. The molecule has 0 fully saturated rings. The number of thioether (sulfide) groups is 1. The molecule has 0 radical (unpaired) electrons. The maximum atomic E-state index is 5.79. The molecule has 1 aromatic heterocycles. The first-order valence-corrected chi connectivity index (χ1v) is 5.98. The summed E-state index contributed by atoms with van der Waals surface area (Å²) in [7, 11) is 0. The average molecular weight is 226 g/mol. The second kappa shape index (κ2) is 5.95. The van der Waals surface area contributed by atoms with Crippen LogP contribution in [0.3, 0.4) is 0 Å². The highest BCUT2D eigenvalue weighted by molar-refractivity contribution is 7.99. The van der Waals surface area contributed by atoms with Gasteiger partial charge >= 0.3 is 0 Å². The van der Waals surface area contributed by atoms with Gasteiger partial charge in [0, 0.05) is 17.5 Å². The van der Waals surface area contributed by atoms with Crippen molar-refractivity contribution in [1.82, 2.24) is 10.4 Å². The number of nitrogens with two attached hydrogens (primary N) is 2. The Morgan fingerprint density at radius 3 is 2.80 bits per heavy atom. The Balaban J connectivity index is 2.70. The molecule has 0 saturated carbocycles. The highest BCUT2D eigenvalue weighted by Crippen LogP contribution is 2.23. The lowest BCUT2D eigenvalue weighted by atomic mass is 10.1. The molecule has 0 saturated heterocycles. The third-order valence-electron chi connectivity index (χ3n) is 2.04. The largest absolute Gasteiger partial charge is 0.383 e. The van der Waals surface area contributed by atoms with Crippen molar-refractivity contribution < 1.29 is 0 Å².